The van der Waals surface area contributed by atoms with Crippen LogP contribution in [0.3, 0.4) is 0 Å². The summed E-state index contributed by atoms with van der Waals surface area (Å²) >= 11 is 0. The van der Waals surface area contributed by atoms with E-state index < -0.39 is 23.2 Å². The number of halogens is 3. The van der Waals surface area contributed by atoms with Crippen molar-refractivity contribution in [3.05, 3.63) is 35.6 Å². The Kier molecular flexibility index (Phi) is 5.62. The highest BCUT2D eigenvalue weighted by atomic mass is 19.4. The molecule has 7 heteroatoms. The first-order valence-electron chi connectivity index (χ1n) is 5.78. The molecule has 0 radical (unpaired) electrons. The highest BCUT2D eigenvalue weighted by Gasteiger charge is 2.36. The molecule has 0 aromatic heterocycles. The van der Waals surface area contributed by atoms with Crippen molar-refractivity contribution < 1.29 is 18.0 Å². The summed E-state index contributed by atoms with van der Waals surface area (Å²) in [5.41, 5.74) is 3.38. The third kappa shape index (κ3) is 5.17. The summed E-state index contributed by atoms with van der Waals surface area (Å²) in [6, 6.07) is 0. The molecule has 19 heavy (non-hydrogen) atoms. The van der Waals surface area contributed by atoms with Gasteiger partial charge in [-0.1, -0.05) is 12.2 Å². The Balaban J connectivity index is 0.000000250. The van der Waals surface area contributed by atoms with Crippen LogP contribution in [-0.2, 0) is 4.79 Å². The van der Waals surface area contributed by atoms with Crippen molar-refractivity contribution in [2.24, 2.45) is 5.73 Å². The van der Waals surface area contributed by atoms with E-state index in [0.717, 1.165) is 25.4 Å². The predicted molar refractivity (Wildman–Crippen MR) is 66.0 cm³/mol. The SMILES string of the molecule is C1=CCNCC1.NC(=O)C1=C(C(F)(F)F)C=CNC1. The lowest BCUT2D eigenvalue weighted by molar-refractivity contribution is -0.116. The van der Waals surface area contributed by atoms with Crippen LogP contribution < -0.4 is 16.4 Å². The van der Waals surface area contributed by atoms with E-state index >= 15 is 0 Å². The number of nitrogens with one attached hydrogen (secondary N) is 2. The normalized spacial score (nSPS) is 18.5. The standard InChI is InChI=1S/C7H7F3N2O.C5H9N/c8-7(9,10)5-1-2-12-3-4(5)6(11)13;1-2-4-6-5-3-1/h1-2,12H,3H2,(H2,11,13);1-2,6H,3-5H2. The molecule has 0 aromatic rings. The molecular weight excluding hydrogens is 259 g/mol. The third-order valence-electron chi connectivity index (χ3n) is 2.49. The second-order valence-electron chi connectivity index (χ2n) is 3.93. The van der Waals surface area contributed by atoms with E-state index in [-0.39, 0.29) is 6.54 Å². The zero-order valence-corrected chi connectivity index (χ0v) is 10.3. The highest BCUT2D eigenvalue weighted by Crippen LogP contribution is 2.30. The zero-order valence-electron chi connectivity index (χ0n) is 10.3. The first kappa shape index (κ1) is 15.3. The van der Waals surface area contributed by atoms with Gasteiger partial charge < -0.3 is 16.4 Å². The van der Waals surface area contributed by atoms with E-state index in [9.17, 15) is 18.0 Å². The minimum Gasteiger partial charge on any atom is -0.387 e. The quantitative estimate of drug-likeness (QED) is 0.625. The van der Waals surface area contributed by atoms with Gasteiger partial charge in [0.1, 0.15) is 0 Å². The molecule has 0 saturated carbocycles. The Labute approximate surface area is 109 Å². The minimum absolute atomic E-state index is 0.180. The average molecular weight is 275 g/mol. The van der Waals surface area contributed by atoms with Crippen LogP contribution in [0.25, 0.3) is 0 Å². The molecule has 2 heterocycles. The van der Waals surface area contributed by atoms with Crippen LogP contribution in [0.5, 0.6) is 0 Å². The predicted octanol–water partition coefficient (Wildman–Crippen LogP) is 0.983. The molecule has 1 amide bonds. The largest absolute Gasteiger partial charge is 0.416 e. The molecule has 0 fully saturated rings. The number of amides is 1. The van der Waals surface area contributed by atoms with Gasteiger partial charge in [-0.15, -0.1) is 0 Å². The van der Waals surface area contributed by atoms with Crippen molar-refractivity contribution in [2.75, 3.05) is 19.6 Å². The van der Waals surface area contributed by atoms with Crippen molar-refractivity contribution in [3.63, 3.8) is 0 Å². The fourth-order valence-corrected chi connectivity index (χ4v) is 1.56. The first-order valence-corrected chi connectivity index (χ1v) is 5.78. The van der Waals surface area contributed by atoms with E-state index in [1.165, 1.54) is 6.42 Å². The van der Waals surface area contributed by atoms with E-state index in [1.54, 1.807) is 0 Å². The Morgan fingerprint density at radius 3 is 2.37 bits per heavy atom. The van der Waals surface area contributed by atoms with Gasteiger partial charge in [0.2, 0.25) is 5.91 Å². The Bertz CT molecular complexity index is 403. The number of carbonyl (C=O) groups is 1. The lowest BCUT2D eigenvalue weighted by Gasteiger charge is -2.16. The van der Waals surface area contributed by atoms with Crippen LogP contribution in [0, 0.1) is 0 Å². The van der Waals surface area contributed by atoms with Gasteiger partial charge in [0, 0.05) is 18.7 Å². The topological polar surface area (TPSA) is 67.1 Å². The van der Waals surface area contributed by atoms with Gasteiger partial charge in [0.15, 0.2) is 0 Å². The second-order valence-corrected chi connectivity index (χ2v) is 3.93. The van der Waals surface area contributed by atoms with Crippen LogP contribution in [-0.4, -0.2) is 31.7 Å². The van der Waals surface area contributed by atoms with Crippen molar-refractivity contribution in [1.29, 1.82) is 0 Å². The van der Waals surface area contributed by atoms with Crippen LogP contribution in [0.2, 0.25) is 0 Å². The third-order valence-corrected chi connectivity index (χ3v) is 2.49. The summed E-state index contributed by atoms with van der Waals surface area (Å²) in [4.78, 5) is 10.6. The summed E-state index contributed by atoms with van der Waals surface area (Å²) in [7, 11) is 0. The molecule has 4 N–H and O–H groups in total. The monoisotopic (exact) mass is 275 g/mol. The Morgan fingerprint density at radius 2 is 2.05 bits per heavy atom. The molecule has 2 aliphatic heterocycles. The minimum atomic E-state index is -4.52. The second kappa shape index (κ2) is 6.98. The molecule has 0 spiro atoms. The van der Waals surface area contributed by atoms with E-state index in [1.807, 2.05) is 0 Å². The van der Waals surface area contributed by atoms with Crippen LogP contribution in [0.15, 0.2) is 35.6 Å². The maximum atomic E-state index is 12.2. The molecule has 0 bridgehead atoms. The van der Waals surface area contributed by atoms with Gasteiger partial charge >= 0.3 is 6.18 Å². The van der Waals surface area contributed by atoms with Gasteiger partial charge in [-0.3, -0.25) is 4.79 Å². The average Bonchev–Trinajstić information content (AvgIpc) is 2.40. The highest BCUT2D eigenvalue weighted by molar-refractivity contribution is 5.94. The number of alkyl halides is 3. The zero-order chi connectivity index (χ0) is 14.3. The Hall–Kier alpha value is -1.76. The van der Waals surface area contributed by atoms with Crippen molar-refractivity contribution in [2.45, 2.75) is 12.6 Å². The molecule has 2 aliphatic rings. The molecule has 4 nitrogen and oxygen atoms in total. The Morgan fingerprint density at radius 1 is 1.32 bits per heavy atom. The molecule has 0 aromatic carbocycles. The summed E-state index contributed by atoms with van der Waals surface area (Å²) in [6.45, 7) is 2.05. The molecular formula is C12H16F3N3O. The first-order chi connectivity index (χ1) is 8.93. The molecule has 0 saturated heterocycles. The summed E-state index contributed by atoms with van der Waals surface area (Å²) < 4.78 is 36.6. The number of allylic oxidation sites excluding steroid dienone is 2. The maximum Gasteiger partial charge on any atom is 0.416 e. The fraction of sp³-hybridized carbons (Fsp3) is 0.417. The lowest BCUT2D eigenvalue weighted by Crippen LogP contribution is -2.30. The summed E-state index contributed by atoms with van der Waals surface area (Å²) in [5, 5.41) is 5.68. The van der Waals surface area contributed by atoms with Crippen LogP contribution in [0.4, 0.5) is 13.2 Å². The summed E-state index contributed by atoms with van der Waals surface area (Å²) in [5.74, 6) is -1.05. The smallest absolute Gasteiger partial charge is 0.387 e. The van der Waals surface area contributed by atoms with Gasteiger partial charge in [0.05, 0.1) is 5.57 Å². The number of rotatable bonds is 1. The van der Waals surface area contributed by atoms with Crippen LogP contribution >= 0.6 is 0 Å². The maximum absolute atomic E-state index is 12.2. The number of carbonyl (C=O) groups excluding carboxylic acids is 1. The van der Waals surface area contributed by atoms with E-state index in [2.05, 4.69) is 22.8 Å². The number of nitrogens with two attached hydrogens (primary N) is 1. The van der Waals surface area contributed by atoms with E-state index in [4.69, 9.17) is 5.73 Å². The van der Waals surface area contributed by atoms with Crippen molar-refractivity contribution >= 4 is 5.91 Å². The van der Waals surface area contributed by atoms with Crippen LogP contribution in [0.1, 0.15) is 6.42 Å². The van der Waals surface area contributed by atoms with Gasteiger partial charge in [-0.2, -0.15) is 13.2 Å². The molecule has 0 unspecified atom stereocenters. The molecule has 0 aliphatic carbocycles. The van der Waals surface area contributed by atoms with E-state index in [0.29, 0.717) is 0 Å². The van der Waals surface area contributed by atoms with Gasteiger partial charge in [-0.05, 0) is 25.2 Å². The number of dihydropyridines is 1. The molecule has 106 valence electrons. The number of hydrogen-bond acceptors (Lipinski definition) is 3. The number of primary amides is 1. The lowest BCUT2D eigenvalue weighted by atomic mass is 10.1. The van der Waals surface area contributed by atoms with Crippen molar-refractivity contribution in [1.82, 2.24) is 10.6 Å². The van der Waals surface area contributed by atoms with Gasteiger partial charge in [-0.25, -0.2) is 0 Å². The fourth-order valence-electron chi connectivity index (χ4n) is 1.56. The van der Waals surface area contributed by atoms with Crippen molar-refractivity contribution in [3.8, 4) is 0 Å². The molecule has 2 rings (SSSR count). The number of hydrogen-bond donors (Lipinski definition) is 3. The van der Waals surface area contributed by atoms with Gasteiger partial charge in [0.25, 0.3) is 0 Å². The molecule has 0 atom stereocenters. The summed E-state index contributed by atoms with van der Waals surface area (Å²) in [6.07, 6.45) is 2.97.